The fourth-order valence-electron chi connectivity index (χ4n) is 4.62. The average Bonchev–Trinajstić information content (AvgIpc) is 3.03. The second-order valence-electron chi connectivity index (χ2n) is 6.39. The highest BCUT2D eigenvalue weighted by Crippen LogP contribution is 2.52. The number of carbonyl (C=O) groups excluding carboxylic acids is 1. The zero-order valence-corrected chi connectivity index (χ0v) is 11.6. The van der Waals surface area contributed by atoms with Crippen LogP contribution in [0.15, 0.2) is 6.07 Å². The Kier molecular flexibility index (Phi) is 2.84. The molecule has 1 aromatic rings. The van der Waals surface area contributed by atoms with Crippen molar-refractivity contribution in [3.8, 4) is 0 Å². The van der Waals surface area contributed by atoms with Crippen molar-refractivity contribution in [2.45, 2.75) is 52.5 Å². The van der Waals surface area contributed by atoms with Crippen molar-refractivity contribution in [3.05, 3.63) is 23.0 Å². The van der Waals surface area contributed by atoms with Gasteiger partial charge in [0.1, 0.15) is 0 Å². The van der Waals surface area contributed by atoms with E-state index in [1.54, 1.807) is 0 Å². The van der Waals surface area contributed by atoms with Gasteiger partial charge in [-0.15, -0.1) is 0 Å². The molecule has 2 heteroatoms. The number of hydrogen-bond donors (Lipinski definition) is 0. The van der Waals surface area contributed by atoms with E-state index in [9.17, 15) is 4.79 Å². The average molecular weight is 245 g/mol. The van der Waals surface area contributed by atoms with Crippen molar-refractivity contribution in [1.82, 2.24) is 4.57 Å². The van der Waals surface area contributed by atoms with Gasteiger partial charge in [-0.3, -0.25) is 4.79 Å². The molecular weight excluding hydrogens is 222 g/mol. The number of aromatic nitrogens is 1. The summed E-state index contributed by atoms with van der Waals surface area (Å²) in [5.41, 5.74) is 3.25. The van der Waals surface area contributed by atoms with Gasteiger partial charge < -0.3 is 4.57 Å². The second kappa shape index (κ2) is 4.25. The fraction of sp³-hybridized carbons (Fsp3) is 0.688. The van der Waals surface area contributed by atoms with Gasteiger partial charge in [0.15, 0.2) is 6.29 Å². The molecule has 1 aromatic heterocycles. The summed E-state index contributed by atoms with van der Waals surface area (Å²) < 4.78 is 2.40. The van der Waals surface area contributed by atoms with Gasteiger partial charge in [-0.2, -0.15) is 0 Å². The number of aldehydes is 1. The molecule has 0 aliphatic heterocycles. The third kappa shape index (κ3) is 1.65. The summed E-state index contributed by atoms with van der Waals surface area (Å²) in [6.07, 6.45) is 6.73. The molecule has 0 saturated heterocycles. The summed E-state index contributed by atoms with van der Waals surface area (Å²) >= 11 is 0. The molecule has 0 amide bonds. The summed E-state index contributed by atoms with van der Waals surface area (Å²) in [6.45, 7) is 6.56. The molecule has 0 aromatic carbocycles. The first kappa shape index (κ1) is 12.0. The van der Waals surface area contributed by atoms with Crippen LogP contribution in [0.2, 0.25) is 0 Å². The molecular formula is C16H23NO. The lowest BCUT2D eigenvalue weighted by atomic mass is 9.83. The van der Waals surface area contributed by atoms with E-state index in [-0.39, 0.29) is 0 Å². The van der Waals surface area contributed by atoms with E-state index in [0.29, 0.717) is 6.04 Å². The standard InChI is InChI=1S/C16H23NO/c1-10-6-15(9-18)11(2)17(10)12(3)16-8-13-4-5-14(16)7-13/h6,9,12-14,16H,4-5,7-8H2,1-3H3. The first-order valence-corrected chi connectivity index (χ1v) is 7.25. The van der Waals surface area contributed by atoms with Crippen LogP contribution in [0.3, 0.4) is 0 Å². The maximum absolute atomic E-state index is 11.1. The van der Waals surface area contributed by atoms with Crippen LogP contribution in [-0.4, -0.2) is 10.9 Å². The molecule has 2 fully saturated rings. The Hall–Kier alpha value is -1.05. The number of rotatable bonds is 3. The molecule has 4 atom stereocenters. The van der Waals surface area contributed by atoms with Crippen molar-refractivity contribution in [1.29, 1.82) is 0 Å². The Morgan fingerprint density at radius 2 is 2.11 bits per heavy atom. The van der Waals surface area contributed by atoms with Gasteiger partial charge in [0.05, 0.1) is 0 Å². The van der Waals surface area contributed by atoms with Crippen LogP contribution in [0.1, 0.15) is 60.4 Å². The molecule has 4 unspecified atom stereocenters. The smallest absolute Gasteiger partial charge is 0.151 e. The van der Waals surface area contributed by atoms with E-state index < -0.39 is 0 Å². The largest absolute Gasteiger partial charge is 0.345 e. The van der Waals surface area contributed by atoms with Gasteiger partial charge in [0.25, 0.3) is 0 Å². The zero-order chi connectivity index (χ0) is 12.9. The van der Waals surface area contributed by atoms with Crippen molar-refractivity contribution in [2.24, 2.45) is 17.8 Å². The van der Waals surface area contributed by atoms with Crippen molar-refractivity contribution in [2.75, 3.05) is 0 Å². The molecule has 2 saturated carbocycles. The van der Waals surface area contributed by atoms with Gasteiger partial charge >= 0.3 is 0 Å². The Morgan fingerprint density at radius 1 is 1.33 bits per heavy atom. The van der Waals surface area contributed by atoms with E-state index >= 15 is 0 Å². The summed E-state index contributed by atoms with van der Waals surface area (Å²) in [5, 5.41) is 0. The lowest BCUT2D eigenvalue weighted by Crippen LogP contribution is -2.23. The highest BCUT2D eigenvalue weighted by molar-refractivity contribution is 5.77. The first-order chi connectivity index (χ1) is 8.61. The van der Waals surface area contributed by atoms with Gasteiger partial charge in [-0.25, -0.2) is 0 Å². The van der Waals surface area contributed by atoms with Crippen LogP contribution in [0.25, 0.3) is 0 Å². The Labute approximate surface area is 109 Å². The van der Waals surface area contributed by atoms with Gasteiger partial charge in [0, 0.05) is 23.0 Å². The summed E-state index contributed by atoms with van der Waals surface area (Å²) in [7, 11) is 0. The molecule has 2 aliphatic carbocycles. The molecule has 3 rings (SSSR count). The van der Waals surface area contributed by atoms with Crippen molar-refractivity contribution >= 4 is 6.29 Å². The van der Waals surface area contributed by atoms with Crippen LogP contribution in [0, 0.1) is 31.6 Å². The molecule has 0 spiro atoms. The van der Waals surface area contributed by atoms with Gasteiger partial charge in [0.2, 0.25) is 0 Å². The quantitative estimate of drug-likeness (QED) is 0.740. The molecule has 0 radical (unpaired) electrons. The highest BCUT2D eigenvalue weighted by Gasteiger charge is 2.42. The number of aryl methyl sites for hydroxylation is 1. The lowest BCUT2D eigenvalue weighted by Gasteiger charge is -2.31. The second-order valence-corrected chi connectivity index (χ2v) is 6.39. The van der Waals surface area contributed by atoms with Crippen molar-refractivity contribution in [3.63, 3.8) is 0 Å². The monoisotopic (exact) mass is 245 g/mol. The van der Waals surface area contributed by atoms with E-state index in [4.69, 9.17) is 0 Å². The third-order valence-electron chi connectivity index (χ3n) is 5.47. The Balaban J connectivity index is 1.90. The van der Waals surface area contributed by atoms with Crippen LogP contribution in [0.5, 0.6) is 0 Å². The predicted molar refractivity (Wildman–Crippen MR) is 72.9 cm³/mol. The molecule has 2 bridgehead atoms. The molecule has 98 valence electrons. The Bertz CT molecular complexity index is 474. The predicted octanol–water partition coefficient (Wildman–Crippen LogP) is 3.91. The molecule has 2 aliphatic rings. The minimum atomic E-state index is 0.550. The number of hydrogen-bond acceptors (Lipinski definition) is 1. The molecule has 0 N–H and O–H groups in total. The van der Waals surface area contributed by atoms with Gasteiger partial charge in [-0.1, -0.05) is 6.42 Å². The van der Waals surface area contributed by atoms with E-state index in [1.807, 2.05) is 6.07 Å². The van der Waals surface area contributed by atoms with Crippen molar-refractivity contribution < 1.29 is 4.79 Å². The van der Waals surface area contributed by atoms with E-state index in [1.165, 1.54) is 31.4 Å². The highest BCUT2D eigenvalue weighted by atomic mass is 16.1. The summed E-state index contributed by atoms with van der Waals surface area (Å²) in [5.74, 6) is 2.75. The SMILES string of the molecule is Cc1cc(C=O)c(C)n1C(C)C1CC2CCC1C2. The molecule has 18 heavy (non-hydrogen) atoms. The number of fused-ring (bicyclic) bond motifs is 2. The first-order valence-electron chi connectivity index (χ1n) is 7.25. The summed E-state index contributed by atoms with van der Waals surface area (Å²) in [4.78, 5) is 11.1. The van der Waals surface area contributed by atoms with Crippen LogP contribution in [-0.2, 0) is 0 Å². The number of carbonyl (C=O) groups is 1. The maximum atomic E-state index is 11.1. The van der Waals surface area contributed by atoms with Gasteiger partial charge in [-0.05, 0) is 63.9 Å². The van der Waals surface area contributed by atoms with E-state index in [0.717, 1.165) is 35.3 Å². The zero-order valence-electron chi connectivity index (χ0n) is 11.6. The summed E-state index contributed by atoms with van der Waals surface area (Å²) in [6, 6.07) is 2.58. The number of nitrogens with zero attached hydrogens (tertiary/aromatic N) is 1. The third-order valence-corrected chi connectivity index (χ3v) is 5.47. The topological polar surface area (TPSA) is 22.0 Å². The fourth-order valence-corrected chi connectivity index (χ4v) is 4.62. The Morgan fingerprint density at radius 3 is 2.61 bits per heavy atom. The minimum Gasteiger partial charge on any atom is -0.345 e. The van der Waals surface area contributed by atoms with Crippen LogP contribution >= 0.6 is 0 Å². The van der Waals surface area contributed by atoms with E-state index in [2.05, 4.69) is 25.3 Å². The van der Waals surface area contributed by atoms with Crippen LogP contribution < -0.4 is 0 Å². The minimum absolute atomic E-state index is 0.550. The molecule has 2 nitrogen and oxygen atoms in total. The lowest BCUT2D eigenvalue weighted by molar-refractivity contribution is 0.112. The normalized spacial score (nSPS) is 31.8. The maximum Gasteiger partial charge on any atom is 0.151 e. The van der Waals surface area contributed by atoms with Crippen LogP contribution in [0.4, 0.5) is 0 Å². The molecule has 1 heterocycles.